The summed E-state index contributed by atoms with van der Waals surface area (Å²) in [4.78, 5) is 49.6. The summed E-state index contributed by atoms with van der Waals surface area (Å²) < 4.78 is 40.2. The molecule has 65 heavy (non-hydrogen) atoms. The number of aliphatic hydroxyl groups is 1. The molecule has 1 unspecified atom stereocenters. The van der Waals surface area contributed by atoms with Crippen molar-refractivity contribution in [3.05, 3.63) is 71.3 Å². The van der Waals surface area contributed by atoms with Gasteiger partial charge in [0.25, 0.3) is 7.82 Å². The van der Waals surface area contributed by atoms with E-state index in [0.29, 0.717) is 17.4 Å². The van der Waals surface area contributed by atoms with Crippen LogP contribution in [0.1, 0.15) is 139 Å². The third kappa shape index (κ3) is 30.8. The first-order valence-electron chi connectivity index (χ1n) is 23.6. The molecule has 1 rings (SSSR count). The number of hydrogen-bond acceptors (Lipinski definition) is 13. The number of allylic oxidation sites excluding steroid dienone is 7. The fourth-order valence-corrected chi connectivity index (χ4v) is 8.27. The fraction of sp³-hybridized carbons (Fsp3) is 0.694. The van der Waals surface area contributed by atoms with E-state index in [1.165, 1.54) is 42.2 Å². The van der Waals surface area contributed by atoms with Crippen molar-refractivity contribution < 1.29 is 61.5 Å². The van der Waals surface area contributed by atoms with Crippen molar-refractivity contribution in [1.82, 2.24) is 0 Å². The summed E-state index contributed by atoms with van der Waals surface area (Å²) in [6.45, 7) is 7.72. The SMILES string of the molecule is CCCCC/C=C\C\C=C/C=C/C=C/[C@@H](SC[C@H](N)C(=O)O[C@H](COC(=O)CCCCCCCCc1oc(CCC)c(C)c1C)COP(=O)([O-])OCC[N+](C)(C)C)[C@@H](O)CCCC(=O)O. The number of nitrogens with zero attached hydrogens (tertiary/aromatic N) is 1. The standard InChI is InChI=1S/C49H83N2O12PS/c1-8-10-11-12-13-14-15-16-17-18-22-25-31-46(43(52)29-27-32-47(53)54)65-38-42(50)49(56)62-41(37-61-64(57,58)60-35-34-51(5,6)7)36-59-48(55)33-26-23-20-19-21-24-30-45-40(4)39(3)44(63-45)28-9-2/h13-14,16-18,22,25,31,41-43,46,52H,8-12,15,19-21,23-24,26-30,32-38,50H2,1-7H3,(H-,53,54,57,58)/b14-13-,17-16-,22-18+,31-25+/t41-,42+,43+,46-/m1/s1. The number of rotatable bonds is 39. The second-order valence-electron chi connectivity index (χ2n) is 17.6. The fourth-order valence-electron chi connectivity index (χ4n) is 6.42. The van der Waals surface area contributed by atoms with E-state index >= 15 is 0 Å². The molecule has 372 valence electrons. The topological polar surface area (TPSA) is 208 Å². The Balaban J connectivity index is 2.80. The van der Waals surface area contributed by atoms with Gasteiger partial charge in [-0.2, -0.15) is 0 Å². The zero-order valence-electron chi connectivity index (χ0n) is 40.5. The van der Waals surface area contributed by atoms with E-state index in [0.717, 1.165) is 75.7 Å². The number of ether oxygens (including phenoxy) is 2. The van der Waals surface area contributed by atoms with E-state index in [9.17, 15) is 28.9 Å². The lowest BCUT2D eigenvalue weighted by Gasteiger charge is -2.28. The molecule has 0 aliphatic heterocycles. The Morgan fingerprint density at radius 2 is 1.51 bits per heavy atom. The van der Waals surface area contributed by atoms with Crippen LogP contribution in [0, 0.1) is 13.8 Å². The molecule has 1 aromatic heterocycles. The zero-order chi connectivity index (χ0) is 48.5. The second-order valence-corrected chi connectivity index (χ2v) is 20.2. The highest BCUT2D eigenvalue weighted by Gasteiger charge is 2.27. The summed E-state index contributed by atoms with van der Waals surface area (Å²) in [6, 6.07) is -1.21. The number of phosphoric ester groups is 1. The lowest BCUT2D eigenvalue weighted by atomic mass is 10.0. The number of aliphatic carboxylic acids is 1. The van der Waals surface area contributed by atoms with E-state index in [1.807, 2.05) is 45.4 Å². The number of unbranched alkanes of at least 4 members (excludes halogenated alkanes) is 8. The minimum Gasteiger partial charge on any atom is -0.756 e. The second kappa shape index (κ2) is 35.2. The number of phosphoric acid groups is 1. The molecule has 5 atom stereocenters. The molecule has 0 fully saturated rings. The van der Waals surface area contributed by atoms with Crippen LogP contribution in [0.25, 0.3) is 0 Å². The monoisotopic (exact) mass is 955 g/mol. The van der Waals surface area contributed by atoms with Gasteiger partial charge in [-0.3, -0.25) is 18.9 Å². The number of likely N-dealkylation sites (N-methyl/N-ethyl adjacent to an activating group) is 1. The van der Waals surface area contributed by atoms with Crippen molar-refractivity contribution in [2.75, 3.05) is 53.3 Å². The van der Waals surface area contributed by atoms with Crippen LogP contribution >= 0.6 is 19.6 Å². The first-order valence-corrected chi connectivity index (χ1v) is 26.2. The van der Waals surface area contributed by atoms with Gasteiger partial charge < -0.3 is 48.3 Å². The molecule has 0 amide bonds. The number of carboxylic acids is 1. The van der Waals surface area contributed by atoms with Crippen LogP contribution in [-0.2, 0) is 50.3 Å². The summed E-state index contributed by atoms with van der Waals surface area (Å²) in [5, 5.41) is 19.5. The lowest BCUT2D eigenvalue weighted by molar-refractivity contribution is -0.870. The van der Waals surface area contributed by atoms with Gasteiger partial charge in [0.2, 0.25) is 0 Å². The zero-order valence-corrected chi connectivity index (χ0v) is 42.3. The Kier molecular flexibility index (Phi) is 32.5. The van der Waals surface area contributed by atoms with E-state index in [4.69, 9.17) is 33.8 Å². The largest absolute Gasteiger partial charge is 0.756 e. The Bertz CT molecular complexity index is 1650. The molecule has 1 aromatic rings. The van der Waals surface area contributed by atoms with E-state index in [1.54, 1.807) is 12.2 Å². The normalized spacial score (nSPS) is 15.2. The molecule has 4 N–H and O–H groups in total. The quantitative estimate of drug-likeness (QED) is 0.0141. The van der Waals surface area contributed by atoms with E-state index < -0.39 is 62.4 Å². The number of hydrogen-bond donors (Lipinski definition) is 3. The van der Waals surface area contributed by atoms with Crippen LogP contribution in [0.3, 0.4) is 0 Å². The van der Waals surface area contributed by atoms with E-state index in [2.05, 4.69) is 39.8 Å². The number of nitrogens with two attached hydrogens (primary N) is 1. The van der Waals surface area contributed by atoms with E-state index in [-0.39, 0.29) is 38.0 Å². The molecule has 0 bridgehead atoms. The summed E-state index contributed by atoms with van der Waals surface area (Å²) in [7, 11) is 0.833. The number of furan rings is 1. The number of carbonyl (C=O) groups is 3. The minimum atomic E-state index is -4.80. The maximum absolute atomic E-state index is 13.3. The molecule has 0 aliphatic rings. The number of carboxylic acid groups (broad SMARTS) is 1. The van der Waals surface area contributed by atoms with Gasteiger partial charge in [0.1, 0.15) is 37.3 Å². The van der Waals surface area contributed by atoms with Crippen LogP contribution in [0.5, 0.6) is 0 Å². The number of carbonyl (C=O) groups excluding carboxylic acids is 2. The summed E-state index contributed by atoms with van der Waals surface area (Å²) in [6.07, 6.45) is 27.7. The highest BCUT2D eigenvalue weighted by atomic mass is 32.2. The average Bonchev–Trinajstić information content (AvgIpc) is 3.50. The number of aliphatic hydroxyl groups excluding tert-OH is 1. The van der Waals surface area contributed by atoms with Crippen molar-refractivity contribution in [3.8, 4) is 0 Å². The van der Waals surface area contributed by atoms with Crippen molar-refractivity contribution in [1.29, 1.82) is 0 Å². The molecular weight excluding hydrogens is 872 g/mol. The molecule has 16 heteroatoms. The number of aryl methyl sites for hydroxylation is 2. The molecule has 1 heterocycles. The molecular formula is C49H83N2O12PS. The Labute approximate surface area is 394 Å². The Morgan fingerprint density at radius 3 is 2.18 bits per heavy atom. The molecule has 0 aromatic carbocycles. The molecule has 0 radical (unpaired) electrons. The maximum atomic E-state index is 13.3. The van der Waals surface area contributed by atoms with Gasteiger partial charge in [-0.15, -0.1) is 11.8 Å². The van der Waals surface area contributed by atoms with Gasteiger partial charge in [-0.05, 0) is 76.3 Å². The first kappa shape index (κ1) is 60.0. The summed E-state index contributed by atoms with van der Waals surface area (Å²) in [5.74, 6) is -0.198. The third-order valence-electron chi connectivity index (χ3n) is 10.5. The van der Waals surface area contributed by atoms with Crippen LogP contribution in [0.15, 0.2) is 53.0 Å². The average molecular weight is 955 g/mol. The number of esters is 2. The Hall–Kier alpha value is -3.01. The summed E-state index contributed by atoms with van der Waals surface area (Å²) >= 11 is 1.19. The van der Waals surface area contributed by atoms with Gasteiger partial charge in [0, 0.05) is 36.7 Å². The van der Waals surface area contributed by atoms with Crippen molar-refractivity contribution in [2.24, 2.45) is 5.73 Å². The molecule has 0 saturated carbocycles. The van der Waals surface area contributed by atoms with Crippen LogP contribution in [-0.4, -0.2) is 109 Å². The molecule has 0 aliphatic carbocycles. The highest BCUT2D eigenvalue weighted by Crippen LogP contribution is 2.38. The Morgan fingerprint density at radius 1 is 0.831 bits per heavy atom. The predicted molar refractivity (Wildman–Crippen MR) is 258 cm³/mol. The first-order chi connectivity index (χ1) is 30.9. The highest BCUT2D eigenvalue weighted by molar-refractivity contribution is 8.00. The van der Waals surface area contributed by atoms with Crippen molar-refractivity contribution in [3.63, 3.8) is 0 Å². The smallest absolute Gasteiger partial charge is 0.324 e. The molecule has 0 saturated heterocycles. The molecule has 14 nitrogen and oxygen atoms in total. The van der Waals surface area contributed by atoms with Crippen LogP contribution in [0.2, 0.25) is 0 Å². The predicted octanol–water partition coefficient (Wildman–Crippen LogP) is 9.03. The van der Waals surface area contributed by atoms with Gasteiger partial charge >= 0.3 is 17.9 Å². The van der Waals surface area contributed by atoms with Crippen molar-refractivity contribution >= 4 is 37.5 Å². The minimum absolute atomic E-state index is 0.00165. The van der Waals surface area contributed by atoms with Gasteiger partial charge in [-0.1, -0.05) is 101 Å². The van der Waals surface area contributed by atoms with Crippen LogP contribution in [0.4, 0.5) is 0 Å². The number of thioether (sulfide) groups is 1. The summed E-state index contributed by atoms with van der Waals surface area (Å²) in [5.41, 5.74) is 8.76. The van der Waals surface area contributed by atoms with Gasteiger partial charge in [0.05, 0.1) is 33.9 Å². The number of quaternary nitrogens is 1. The van der Waals surface area contributed by atoms with Crippen LogP contribution < -0.4 is 10.6 Å². The molecule has 0 spiro atoms. The van der Waals surface area contributed by atoms with Crippen molar-refractivity contribution in [2.45, 2.75) is 167 Å². The third-order valence-corrected chi connectivity index (χ3v) is 12.9. The maximum Gasteiger partial charge on any atom is 0.324 e. The van der Waals surface area contributed by atoms with Gasteiger partial charge in [-0.25, -0.2) is 0 Å². The lowest BCUT2D eigenvalue weighted by Crippen LogP contribution is -2.40. The van der Waals surface area contributed by atoms with Gasteiger partial charge in [0.15, 0.2) is 6.10 Å².